The van der Waals surface area contributed by atoms with Gasteiger partial charge in [0.15, 0.2) is 11.5 Å². The van der Waals surface area contributed by atoms with Gasteiger partial charge >= 0.3 is 5.97 Å². The van der Waals surface area contributed by atoms with Gasteiger partial charge < -0.3 is 9.26 Å². The molecule has 2 aromatic heterocycles. The van der Waals surface area contributed by atoms with Gasteiger partial charge in [-0.15, -0.1) is 5.10 Å². The Bertz CT molecular complexity index is 1110. The Morgan fingerprint density at radius 3 is 2.83 bits per heavy atom. The summed E-state index contributed by atoms with van der Waals surface area (Å²) in [4.78, 5) is 30.4. The lowest BCUT2D eigenvalue weighted by atomic mass is 9.94. The van der Waals surface area contributed by atoms with E-state index in [-0.39, 0.29) is 29.6 Å². The first-order valence-corrected chi connectivity index (χ1v) is 11.5. The van der Waals surface area contributed by atoms with Crippen LogP contribution in [0.1, 0.15) is 69.2 Å². The van der Waals surface area contributed by atoms with Crippen LogP contribution in [-0.4, -0.2) is 45.0 Å². The number of aromatic amines is 1. The summed E-state index contributed by atoms with van der Waals surface area (Å²) >= 11 is 4.90. The number of esters is 1. The second-order valence-corrected chi connectivity index (χ2v) is 8.53. The molecule has 0 saturated heterocycles. The number of ketones is 1. The van der Waals surface area contributed by atoms with Crippen molar-refractivity contribution in [2.24, 2.45) is 0 Å². The van der Waals surface area contributed by atoms with Crippen LogP contribution in [0.4, 0.5) is 0 Å². The molecule has 2 heterocycles. The molecule has 156 valence electrons. The minimum Gasteiger partial charge on any atom is -0.461 e. The van der Waals surface area contributed by atoms with Crippen molar-refractivity contribution in [2.45, 2.75) is 37.3 Å². The van der Waals surface area contributed by atoms with Crippen molar-refractivity contribution in [3.05, 3.63) is 56.6 Å². The Balaban J connectivity index is 1.75. The van der Waals surface area contributed by atoms with Crippen molar-refractivity contribution < 1.29 is 18.8 Å². The van der Waals surface area contributed by atoms with E-state index >= 15 is 0 Å². The van der Waals surface area contributed by atoms with Crippen LogP contribution in [0.25, 0.3) is 0 Å². The van der Waals surface area contributed by atoms with Crippen LogP contribution in [0.2, 0.25) is 0 Å². The van der Waals surface area contributed by atoms with E-state index in [0.717, 1.165) is 22.9 Å². The van der Waals surface area contributed by atoms with Crippen molar-refractivity contribution in [1.82, 2.24) is 20.3 Å². The van der Waals surface area contributed by atoms with Gasteiger partial charge in [0.1, 0.15) is 11.4 Å². The summed E-state index contributed by atoms with van der Waals surface area (Å²) in [5.74, 6) is 0.242. The Kier molecular flexibility index (Phi) is 6.05. The standard InChI is InChI=1S/C20H19BrN4O4S/c1-3-28-19(27)16-15(18(29-25-16)10-4-5-10)17(26)13-7-6-12(21)8-11(13)9-14-22-20(30-2)24-23-14/h6-8,10H,3-5,9H2,1-2H3,(H,22,23,24). The Morgan fingerprint density at radius 2 is 2.17 bits per heavy atom. The summed E-state index contributed by atoms with van der Waals surface area (Å²) in [7, 11) is 0. The van der Waals surface area contributed by atoms with E-state index in [1.54, 1.807) is 19.1 Å². The van der Waals surface area contributed by atoms with E-state index in [4.69, 9.17) is 9.26 Å². The van der Waals surface area contributed by atoms with Crippen molar-refractivity contribution in [1.29, 1.82) is 0 Å². The van der Waals surface area contributed by atoms with Crippen LogP contribution in [0.15, 0.2) is 32.4 Å². The van der Waals surface area contributed by atoms with Crippen molar-refractivity contribution in [3.8, 4) is 0 Å². The second kappa shape index (κ2) is 8.73. The third kappa shape index (κ3) is 4.20. The number of nitrogens with one attached hydrogen (secondary N) is 1. The van der Waals surface area contributed by atoms with Gasteiger partial charge in [0.25, 0.3) is 0 Å². The number of carbonyl (C=O) groups is 2. The number of hydrogen-bond acceptors (Lipinski definition) is 8. The molecule has 0 aliphatic heterocycles. The van der Waals surface area contributed by atoms with Crippen molar-refractivity contribution >= 4 is 39.4 Å². The number of aromatic nitrogens is 4. The van der Waals surface area contributed by atoms with E-state index in [1.165, 1.54) is 11.8 Å². The molecule has 10 heteroatoms. The van der Waals surface area contributed by atoms with Crippen LogP contribution >= 0.6 is 27.7 Å². The molecule has 1 saturated carbocycles. The minimum absolute atomic E-state index is 0.0676. The van der Waals surface area contributed by atoms with Gasteiger partial charge in [0, 0.05) is 22.4 Å². The quantitative estimate of drug-likeness (QED) is 0.284. The molecule has 3 aromatic rings. The van der Waals surface area contributed by atoms with Gasteiger partial charge in [-0.1, -0.05) is 32.8 Å². The summed E-state index contributed by atoms with van der Waals surface area (Å²) < 4.78 is 11.3. The molecule has 1 aliphatic rings. The highest BCUT2D eigenvalue weighted by Gasteiger charge is 2.38. The zero-order chi connectivity index (χ0) is 21.3. The van der Waals surface area contributed by atoms with Gasteiger partial charge in [-0.25, -0.2) is 9.78 Å². The molecule has 30 heavy (non-hydrogen) atoms. The first-order chi connectivity index (χ1) is 14.5. The molecule has 0 spiro atoms. The number of nitrogens with zero attached hydrogens (tertiary/aromatic N) is 3. The van der Waals surface area contributed by atoms with E-state index in [1.807, 2.05) is 12.3 Å². The fourth-order valence-electron chi connectivity index (χ4n) is 3.18. The number of ether oxygens (including phenoxy) is 1. The van der Waals surface area contributed by atoms with E-state index < -0.39 is 5.97 Å². The predicted molar refractivity (Wildman–Crippen MR) is 113 cm³/mol. The van der Waals surface area contributed by atoms with Crippen molar-refractivity contribution in [3.63, 3.8) is 0 Å². The van der Waals surface area contributed by atoms with Crippen LogP contribution < -0.4 is 0 Å². The molecular formula is C20H19BrN4O4S. The van der Waals surface area contributed by atoms with Crippen molar-refractivity contribution in [2.75, 3.05) is 12.9 Å². The number of halogens is 1. The summed E-state index contributed by atoms with van der Waals surface area (Å²) in [6, 6.07) is 5.38. The Morgan fingerprint density at radius 1 is 1.37 bits per heavy atom. The second-order valence-electron chi connectivity index (χ2n) is 6.84. The van der Waals surface area contributed by atoms with E-state index in [0.29, 0.717) is 28.7 Å². The minimum atomic E-state index is -0.657. The molecule has 1 fully saturated rings. The Hall–Kier alpha value is -2.46. The lowest BCUT2D eigenvalue weighted by Crippen LogP contribution is -2.14. The molecule has 0 atom stereocenters. The molecule has 1 N–H and O–H groups in total. The zero-order valence-electron chi connectivity index (χ0n) is 16.4. The molecule has 0 bridgehead atoms. The maximum atomic E-state index is 13.6. The van der Waals surface area contributed by atoms with E-state index in [2.05, 4.69) is 36.3 Å². The van der Waals surface area contributed by atoms with Gasteiger partial charge in [-0.2, -0.15) is 0 Å². The highest BCUT2D eigenvalue weighted by molar-refractivity contribution is 9.10. The largest absolute Gasteiger partial charge is 0.461 e. The molecular weight excluding hydrogens is 472 g/mol. The van der Waals surface area contributed by atoms with Gasteiger partial charge in [0.05, 0.1) is 6.61 Å². The molecule has 0 unspecified atom stereocenters. The smallest absolute Gasteiger partial charge is 0.361 e. The molecule has 1 aromatic carbocycles. The number of H-pyrrole nitrogens is 1. The topological polar surface area (TPSA) is 111 Å². The number of benzene rings is 1. The maximum Gasteiger partial charge on any atom is 0.361 e. The first-order valence-electron chi connectivity index (χ1n) is 9.46. The summed E-state index contributed by atoms with van der Waals surface area (Å²) in [6.45, 7) is 1.89. The number of carbonyl (C=O) groups excluding carboxylic acids is 2. The Labute approximate surface area is 185 Å². The average Bonchev–Trinajstić information content (AvgIpc) is 3.31. The number of rotatable bonds is 8. The van der Waals surface area contributed by atoms with Crippen LogP contribution in [-0.2, 0) is 11.2 Å². The highest BCUT2D eigenvalue weighted by atomic mass is 79.9. The van der Waals surface area contributed by atoms with Crippen LogP contribution in [0.3, 0.4) is 0 Å². The lowest BCUT2D eigenvalue weighted by Gasteiger charge is -2.09. The van der Waals surface area contributed by atoms with Gasteiger partial charge in [-0.05, 0) is 49.8 Å². The lowest BCUT2D eigenvalue weighted by molar-refractivity contribution is 0.0512. The van der Waals surface area contributed by atoms with Gasteiger partial charge in [-0.3, -0.25) is 9.89 Å². The maximum absolute atomic E-state index is 13.6. The summed E-state index contributed by atoms with van der Waals surface area (Å²) in [5.41, 5.74) is 1.33. The molecule has 8 nitrogen and oxygen atoms in total. The third-order valence-corrected chi connectivity index (χ3v) is 5.77. The van der Waals surface area contributed by atoms with Gasteiger partial charge in [0.2, 0.25) is 10.9 Å². The average molecular weight is 491 g/mol. The van der Waals surface area contributed by atoms with Crippen LogP contribution in [0, 0.1) is 0 Å². The van der Waals surface area contributed by atoms with Crippen LogP contribution in [0.5, 0.6) is 0 Å². The molecule has 4 rings (SSSR count). The monoisotopic (exact) mass is 490 g/mol. The SMILES string of the molecule is CCOC(=O)c1noc(C2CC2)c1C(=O)c1ccc(Br)cc1Cc1nc(SC)n[nH]1. The molecule has 0 radical (unpaired) electrons. The third-order valence-electron chi connectivity index (χ3n) is 4.73. The van der Waals surface area contributed by atoms with E-state index in [9.17, 15) is 9.59 Å². The summed E-state index contributed by atoms with van der Waals surface area (Å²) in [6.07, 6.45) is 4.08. The first kappa shape index (κ1) is 20.8. The molecule has 0 amide bonds. The normalized spacial score (nSPS) is 13.4. The zero-order valence-corrected chi connectivity index (χ0v) is 18.8. The predicted octanol–water partition coefficient (Wildman–Crippen LogP) is 4.15. The summed E-state index contributed by atoms with van der Waals surface area (Å²) in [5, 5.41) is 11.5. The number of thioether (sulfide) groups is 1. The fourth-order valence-corrected chi connectivity index (χ4v) is 3.93. The number of hydrogen-bond donors (Lipinski definition) is 1. The fraction of sp³-hybridized carbons (Fsp3) is 0.350. The highest BCUT2D eigenvalue weighted by Crippen LogP contribution is 2.43. The molecule has 1 aliphatic carbocycles.